The van der Waals surface area contributed by atoms with Gasteiger partial charge in [-0.3, -0.25) is 0 Å². The van der Waals surface area contributed by atoms with Crippen LogP contribution in [0.5, 0.6) is 0 Å². The highest BCUT2D eigenvalue weighted by atomic mass is 32.1. The highest BCUT2D eigenvalue weighted by molar-refractivity contribution is 7.13. The van der Waals surface area contributed by atoms with Gasteiger partial charge in [0.1, 0.15) is 0 Å². The second kappa shape index (κ2) is 5.84. The fourth-order valence-electron chi connectivity index (χ4n) is 1.67. The molecule has 0 atom stereocenters. The maximum absolute atomic E-state index is 10.5. The van der Waals surface area contributed by atoms with E-state index in [2.05, 4.69) is 36.3 Å². The number of hydrogen-bond donors (Lipinski definition) is 1. The van der Waals surface area contributed by atoms with E-state index in [1.165, 1.54) is 16.9 Å². The summed E-state index contributed by atoms with van der Waals surface area (Å²) < 4.78 is 0. The van der Waals surface area contributed by atoms with Crippen molar-refractivity contribution in [3.8, 4) is 0 Å². The topological polar surface area (TPSA) is 65.0 Å². The minimum atomic E-state index is -1.11. The van der Waals surface area contributed by atoms with E-state index < -0.39 is 5.97 Å². The molecular formula is C14H15N2O2S-. The first-order valence-corrected chi connectivity index (χ1v) is 6.94. The van der Waals surface area contributed by atoms with Crippen LogP contribution in [0.3, 0.4) is 0 Å². The average Bonchev–Trinajstić information content (AvgIpc) is 2.76. The lowest BCUT2D eigenvalue weighted by atomic mass is 10.0. The number of carbonyl (C=O) groups is 1. The molecule has 1 N–H and O–H groups in total. The summed E-state index contributed by atoms with van der Waals surface area (Å²) in [6, 6.07) is 8.13. The SMILES string of the molecule is CC(C)c1ccc(Nc2nc(CC(=O)[O-])cs2)cc1. The Morgan fingerprint density at radius 3 is 2.63 bits per heavy atom. The predicted octanol–water partition coefficient (Wildman–Crippen LogP) is 2.30. The average molecular weight is 275 g/mol. The molecule has 0 bridgehead atoms. The van der Waals surface area contributed by atoms with E-state index in [0.717, 1.165) is 5.69 Å². The van der Waals surface area contributed by atoms with Crippen molar-refractivity contribution in [1.29, 1.82) is 0 Å². The summed E-state index contributed by atoms with van der Waals surface area (Å²) in [4.78, 5) is 14.7. The van der Waals surface area contributed by atoms with Gasteiger partial charge in [0.15, 0.2) is 5.13 Å². The van der Waals surface area contributed by atoms with E-state index >= 15 is 0 Å². The molecule has 0 spiro atoms. The van der Waals surface area contributed by atoms with Crippen molar-refractivity contribution in [2.45, 2.75) is 26.2 Å². The van der Waals surface area contributed by atoms with Gasteiger partial charge in [-0.15, -0.1) is 11.3 Å². The number of benzene rings is 1. The summed E-state index contributed by atoms with van der Waals surface area (Å²) in [7, 11) is 0. The van der Waals surface area contributed by atoms with Crippen LogP contribution < -0.4 is 10.4 Å². The third-order valence-electron chi connectivity index (χ3n) is 2.71. The molecule has 2 aromatic rings. The van der Waals surface area contributed by atoms with Gasteiger partial charge in [-0.25, -0.2) is 4.98 Å². The summed E-state index contributed by atoms with van der Waals surface area (Å²) in [5.41, 5.74) is 2.74. The van der Waals surface area contributed by atoms with Crippen LogP contribution in [0.4, 0.5) is 10.8 Å². The minimum absolute atomic E-state index is 0.148. The molecule has 0 aliphatic carbocycles. The Bertz CT molecular complexity index is 561. The van der Waals surface area contributed by atoms with Crippen LogP contribution in [0.15, 0.2) is 29.6 Å². The molecule has 2 rings (SSSR count). The molecule has 5 heteroatoms. The van der Waals surface area contributed by atoms with Gasteiger partial charge < -0.3 is 15.2 Å². The molecular weight excluding hydrogens is 260 g/mol. The Balaban J connectivity index is 2.04. The van der Waals surface area contributed by atoms with Crippen LogP contribution in [-0.2, 0) is 11.2 Å². The summed E-state index contributed by atoms with van der Waals surface area (Å²) in [6.45, 7) is 4.30. The maximum atomic E-state index is 10.5. The molecule has 0 fully saturated rings. The second-order valence-corrected chi connectivity index (χ2v) is 5.45. The highest BCUT2D eigenvalue weighted by Gasteiger charge is 2.03. The Morgan fingerprint density at radius 1 is 1.37 bits per heavy atom. The molecule has 0 aliphatic heterocycles. The standard InChI is InChI=1S/C14H16N2O2S/c1-9(2)10-3-5-11(6-4-10)15-14-16-12(8-19-14)7-13(17)18/h3-6,8-9H,7H2,1-2H3,(H,15,16)(H,17,18)/p-1. The largest absolute Gasteiger partial charge is 0.550 e. The fraction of sp³-hybridized carbons (Fsp3) is 0.286. The Labute approximate surface area is 116 Å². The lowest BCUT2D eigenvalue weighted by Gasteiger charge is -2.07. The minimum Gasteiger partial charge on any atom is -0.550 e. The number of aliphatic carboxylic acids is 1. The van der Waals surface area contributed by atoms with Crippen molar-refractivity contribution < 1.29 is 9.90 Å². The number of nitrogens with zero attached hydrogens (tertiary/aromatic N) is 1. The Hall–Kier alpha value is -1.88. The molecule has 1 heterocycles. The van der Waals surface area contributed by atoms with Crippen molar-refractivity contribution in [2.24, 2.45) is 0 Å². The number of hydrogen-bond acceptors (Lipinski definition) is 5. The Morgan fingerprint density at radius 2 is 2.05 bits per heavy atom. The molecule has 1 aromatic carbocycles. The normalized spacial score (nSPS) is 10.7. The molecule has 0 saturated carbocycles. The van der Waals surface area contributed by atoms with Gasteiger partial charge in [0, 0.05) is 23.5 Å². The van der Waals surface area contributed by atoms with Gasteiger partial charge in [0.25, 0.3) is 0 Å². The summed E-state index contributed by atoms with van der Waals surface area (Å²) in [5, 5.41) is 16.0. The molecule has 0 aliphatic rings. The number of nitrogens with one attached hydrogen (secondary N) is 1. The molecule has 0 saturated heterocycles. The van der Waals surface area contributed by atoms with Gasteiger partial charge in [-0.1, -0.05) is 26.0 Å². The number of carboxylic acids is 1. The number of carbonyl (C=O) groups excluding carboxylic acids is 1. The maximum Gasteiger partial charge on any atom is 0.187 e. The number of carboxylic acid groups (broad SMARTS) is 1. The van der Waals surface area contributed by atoms with Crippen molar-refractivity contribution in [3.05, 3.63) is 40.9 Å². The number of aromatic nitrogens is 1. The van der Waals surface area contributed by atoms with E-state index in [1.54, 1.807) is 5.38 Å². The van der Waals surface area contributed by atoms with E-state index in [4.69, 9.17) is 0 Å². The monoisotopic (exact) mass is 275 g/mol. The first-order chi connectivity index (χ1) is 9.04. The van der Waals surface area contributed by atoms with E-state index in [-0.39, 0.29) is 6.42 Å². The third kappa shape index (κ3) is 3.79. The highest BCUT2D eigenvalue weighted by Crippen LogP contribution is 2.23. The van der Waals surface area contributed by atoms with Crippen LogP contribution in [0.25, 0.3) is 0 Å². The molecule has 0 unspecified atom stereocenters. The first-order valence-electron chi connectivity index (χ1n) is 6.06. The van der Waals surface area contributed by atoms with E-state index in [9.17, 15) is 9.90 Å². The van der Waals surface area contributed by atoms with Crippen LogP contribution >= 0.6 is 11.3 Å². The van der Waals surface area contributed by atoms with Crippen LogP contribution in [0, 0.1) is 0 Å². The van der Waals surface area contributed by atoms with Crippen molar-refractivity contribution in [3.63, 3.8) is 0 Å². The summed E-state index contributed by atoms with van der Waals surface area (Å²) in [5.74, 6) is -0.610. The lowest BCUT2D eigenvalue weighted by Crippen LogP contribution is -2.24. The third-order valence-corrected chi connectivity index (χ3v) is 3.51. The Kier molecular flexibility index (Phi) is 4.16. The van der Waals surface area contributed by atoms with Crippen molar-refractivity contribution in [1.82, 2.24) is 4.98 Å². The van der Waals surface area contributed by atoms with Gasteiger partial charge in [-0.2, -0.15) is 0 Å². The molecule has 1 aromatic heterocycles. The predicted molar refractivity (Wildman–Crippen MR) is 74.6 cm³/mol. The first kappa shape index (κ1) is 13.5. The van der Waals surface area contributed by atoms with E-state index in [1.807, 2.05) is 12.1 Å². The van der Waals surface area contributed by atoms with Crippen molar-refractivity contribution in [2.75, 3.05) is 5.32 Å². The van der Waals surface area contributed by atoms with Crippen molar-refractivity contribution >= 4 is 28.1 Å². The van der Waals surface area contributed by atoms with Gasteiger partial charge in [0.05, 0.1) is 5.69 Å². The lowest BCUT2D eigenvalue weighted by molar-refractivity contribution is -0.304. The van der Waals surface area contributed by atoms with Crippen LogP contribution in [0.1, 0.15) is 31.0 Å². The zero-order chi connectivity index (χ0) is 13.8. The number of rotatable bonds is 5. The zero-order valence-corrected chi connectivity index (χ0v) is 11.7. The van der Waals surface area contributed by atoms with Crippen LogP contribution in [0.2, 0.25) is 0 Å². The van der Waals surface area contributed by atoms with Crippen LogP contribution in [-0.4, -0.2) is 11.0 Å². The van der Waals surface area contributed by atoms with Gasteiger partial charge in [-0.05, 0) is 23.6 Å². The summed E-state index contributed by atoms with van der Waals surface area (Å²) in [6.07, 6.45) is -0.148. The number of anilines is 2. The molecule has 4 nitrogen and oxygen atoms in total. The quantitative estimate of drug-likeness (QED) is 0.909. The zero-order valence-electron chi connectivity index (χ0n) is 10.8. The fourth-order valence-corrected chi connectivity index (χ4v) is 2.40. The molecule has 100 valence electrons. The molecule has 0 amide bonds. The van der Waals surface area contributed by atoms with Gasteiger partial charge in [0.2, 0.25) is 0 Å². The number of thiazole rings is 1. The second-order valence-electron chi connectivity index (χ2n) is 4.59. The summed E-state index contributed by atoms with van der Waals surface area (Å²) >= 11 is 1.38. The van der Waals surface area contributed by atoms with E-state index in [0.29, 0.717) is 16.7 Å². The molecule has 0 radical (unpaired) electrons. The van der Waals surface area contributed by atoms with Gasteiger partial charge >= 0.3 is 0 Å². The smallest absolute Gasteiger partial charge is 0.187 e. The molecule has 19 heavy (non-hydrogen) atoms.